The minimum atomic E-state index is -4.25. The summed E-state index contributed by atoms with van der Waals surface area (Å²) in [5, 5.41) is 3.10. The summed E-state index contributed by atoms with van der Waals surface area (Å²) in [5.41, 5.74) is 16.1. The van der Waals surface area contributed by atoms with E-state index >= 15 is 8.78 Å². The fraction of sp³-hybridized carbons (Fsp3) is 0.394. The van der Waals surface area contributed by atoms with Gasteiger partial charge in [0.25, 0.3) is 5.91 Å². The number of amides is 1. The summed E-state index contributed by atoms with van der Waals surface area (Å²) in [6.45, 7) is 3.29. The molecule has 0 heterocycles. The molecular weight excluding hydrogens is 579 g/mol. The molecule has 0 aromatic heterocycles. The Labute approximate surface area is 257 Å². The van der Waals surface area contributed by atoms with Crippen molar-refractivity contribution < 1.29 is 18.4 Å². The van der Waals surface area contributed by atoms with Gasteiger partial charge in [0, 0.05) is 24.5 Å². The van der Waals surface area contributed by atoms with Crippen molar-refractivity contribution >= 4 is 34.9 Å². The van der Waals surface area contributed by atoms with E-state index in [0.29, 0.717) is 35.7 Å². The fourth-order valence-corrected chi connectivity index (χ4v) is 5.61. The van der Waals surface area contributed by atoms with Crippen molar-refractivity contribution in [2.24, 2.45) is 29.2 Å². The predicted octanol–water partition coefficient (Wildman–Crippen LogP) is 6.28. The molecule has 226 valence electrons. The molecule has 0 spiro atoms. The lowest BCUT2D eigenvalue weighted by molar-refractivity contribution is -0.162. The van der Waals surface area contributed by atoms with Gasteiger partial charge in [0.2, 0.25) is 5.78 Å². The van der Waals surface area contributed by atoms with Gasteiger partial charge < -0.3 is 16.8 Å². The average molecular weight is 619 g/mol. The van der Waals surface area contributed by atoms with Gasteiger partial charge in [-0.05, 0) is 66.3 Å². The highest BCUT2D eigenvalue weighted by Crippen LogP contribution is 2.32. The zero-order valence-electron chi connectivity index (χ0n) is 23.9. The molecule has 0 bridgehead atoms. The van der Waals surface area contributed by atoms with Crippen molar-refractivity contribution in [2.45, 2.75) is 57.5 Å². The summed E-state index contributed by atoms with van der Waals surface area (Å²) in [6.07, 6.45) is 1.77. The first-order valence-electron chi connectivity index (χ1n) is 14.1. The maximum Gasteiger partial charge on any atom is 0.381 e. The largest absolute Gasteiger partial charge is 0.381 e. The molecule has 0 aliphatic rings. The monoisotopic (exact) mass is 617 g/mol. The van der Waals surface area contributed by atoms with E-state index in [1.165, 1.54) is 0 Å². The third-order valence-corrected chi connectivity index (χ3v) is 8.42. The Morgan fingerprint density at radius 2 is 1.43 bits per heavy atom. The molecule has 3 aromatic carbocycles. The Morgan fingerprint density at radius 1 is 0.833 bits per heavy atom. The number of Topliss-reactive ketones (excluding diaryl/α,β-unsaturated/α-hetero) is 1. The molecule has 42 heavy (non-hydrogen) atoms. The zero-order valence-corrected chi connectivity index (χ0v) is 25.4. The van der Waals surface area contributed by atoms with Crippen LogP contribution < -0.4 is 16.8 Å². The van der Waals surface area contributed by atoms with Crippen LogP contribution in [0.25, 0.3) is 0 Å². The molecule has 2 unspecified atom stereocenters. The zero-order chi connectivity index (χ0) is 30.9. The third-order valence-electron chi connectivity index (χ3n) is 7.68. The average Bonchev–Trinajstić information content (AvgIpc) is 2.97. The third kappa shape index (κ3) is 9.08. The molecule has 0 radical (unpaired) electrons. The van der Waals surface area contributed by atoms with Crippen LogP contribution in [0.3, 0.4) is 0 Å². The second kappa shape index (κ2) is 15.6. The molecule has 3 rings (SSSR count). The number of carbonyl (C=O) groups excluding carboxylic acids is 2. The predicted molar refractivity (Wildman–Crippen MR) is 166 cm³/mol. The quantitative estimate of drug-likeness (QED) is 0.175. The second-order valence-electron chi connectivity index (χ2n) is 11.1. The number of nitrogens with two attached hydrogens (primary N) is 2. The number of benzene rings is 3. The molecule has 4 atom stereocenters. The molecule has 3 aromatic rings. The van der Waals surface area contributed by atoms with Gasteiger partial charge in [-0.3, -0.25) is 9.59 Å². The lowest BCUT2D eigenvalue weighted by Crippen LogP contribution is -2.57. The molecule has 0 saturated carbocycles. The molecule has 0 saturated heterocycles. The highest BCUT2D eigenvalue weighted by molar-refractivity contribution is 6.42. The number of rotatable bonds is 15. The maximum absolute atomic E-state index is 15.4. The van der Waals surface area contributed by atoms with Gasteiger partial charge in [0.15, 0.2) is 0 Å². The second-order valence-corrected chi connectivity index (χ2v) is 11.9. The molecular formula is C33H39Cl2F2N3O2. The minimum absolute atomic E-state index is 0.0274. The van der Waals surface area contributed by atoms with Crippen LogP contribution in [0.4, 0.5) is 8.78 Å². The Hall–Kier alpha value is -2.84. The van der Waals surface area contributed by atoms with E-state index in [1.807, 2.05) is 66.7 Å². The summed E-state index contributed by atoms with van der Waals surface area (Å²) >= 11 is 12.2. The molecule has 0 aliphatic heterocycles. The summed E-state index contributed by atoms with van der Waals surface area (Å²) < 4.78 is 30.7. The topological polar surface area (TPSA) is 98.2 Å². The highest BCUT2D eigenvalue weighted by atomic mass is 35.5. The van der Waals surface area contributed by atoms with E-state index in [-0.39, 0.29) is 6.54 Å². The Balaban J connectivity index is 1.79. The van der Waals surface area contributed by atoms with Crippen molar-refractivity contribution in [3.05, 3.63) is 106 Å². The Morgan fingerprint density at radius 3 is 2.00 bits per heavy atom. The number of halogens is 4. The molecule has 1 amide bonds. The van der Waals surface area contributed by atoms with Crippen molar-refractivity contribution in [3.63, 3.8) is 0 Å². The van der Waals surface area contributed by atoms with Gasteiger partial charge in [-0.15, -0.1) is 0 Å². The van der Waals surface area contributed by atoms with E-state index in [4.69, 9.17) is 34.7 Å². The molecule has 0 aliphatic carbocycles. The van der Waals surface area contributed by atoms with Gasteiger partial charge in [-0.25, -0.2) is 0 Å². The highest BCUT2D eigenvalue weighted by Gasteiger charge is 2.53. The Kier molecular flexibility index (Phi) is 12.5. The smallest absolute Gasteiger partial charge is 0.350 e. The van der Waals surface area contributed by atoms with E-state index in [2.05, 4.69) is 5.32 Å². The molecule has 5 N–H and O–H groups in total. The minimum Gasteiger partial charge on any atom is -0.350 e. The summed E-state index contributed by atoms with van der Waals surface area (Å²) in [6, 6.07) is 22.4. The van der Waals surface area contributed by atoms with Crippen molar-refractivity contribution in [1.82, 2.24) is 5.32 Å². The van der Waals surface area contributed by atoms with E-state index in [0.717, 1.165) is 16.7 Å². The maximum atomic E-state index is 15.4. The first-order chi connectivity index (χ1) is 19.9. The number of alkyl halides is 2. The van der Waals surface area contributed by atoms with Crippen LogP contribution in [0.15, 0.2) is 78.9 Å². The number of carbonyl (C=O) groups is 2. The van der Waals surface area contributed by atoms with Crippen molar-refractivity contribution in [2.75, 3.05) is 6.54 Å². The van der Waals surface area contributed by atoms with Crippen LogP contribution in [0.5, 0.6) is 0 Å². The summed E-state index contributed by atoms with van der Waals surface area (Å²) in [4.78, 5) is 26.0. The van der Waals surface area contributed by atoms with Gasteiger partial charge in [-0.1, -0.05) is 104 Å². The standard InChI is InChI=1S/C33H39Cl2F2N3O2/c1-21(2)29(31(41)33(36,37)32(42)40-18-17-22-9-5-3-6-10-22)30(39)25(19-23-11-7-4-8-12-23)28(38)16-14-24-13-15-26(34)27(35)20-24/h3-13,15,20-21,25,28-30H,14,16-19,38-39H2,1-2H3,(H,40,42)/t25-,28?,29-,30?/m0/s1. The van der Waals surface area contributed by atoms with Crippen LogP contribution in [0, 0.1) is 17.8 Å². The number of nitrogens with one attached hydrogen (secondary N) is 1. The van der Waals surface area contributed by atoms with E-state index in [9.17, 15) is 9.59 Å². The van der Waals surface area contributed by atoms with Gasteiger partial charge in [0.1, 0.15) is 0 Å². The summed E-state index contributed by atoms with van der Waals surface area (Å²) in [5.74, 6) is -9.74. The fourth-order valence-electron chi connectivity index (χ4n) is 5.29. The Bertz CT molecular complexity index is 1310. The first kappa shape index (κ1) is 33.7. The lowest BCUT2D eigenvalue weighted by atomic mass is 9.72. The van der Waals surface area contributed by atoms with E-state index in [1.54, 1.807) is 26.0 Å². The van der Waals surface area contributed by atoms with Gasteiger partial charge in [-0.2, -0.15) is 8.78 Å². The molecule has 5 nitrogen and oxygen atoms in total. The number of hydrogen-bond donors (Lipinski definition) is 3. The number of aryl methyl sites for hydroxylation is 1. The summed E-state index contributed by atoms with van der Waals surface area (Å²) in [7, 11) is 0. The van der Waals surface area contributed by atoms with Crippen LogP contribution in [-0.2, 0) is 28.9 Å². The number of hydrogen-bond acceptors (Lipinski definition) is 4. The normalized spacial score (nSPS) is 14.7. The van der Waals surface area contributed by atoms with Crippen LogP contribution >= 0.6 is 23.2 Å². The van der Waals surface area contributed by atoms with Crippen molar-refractivity contribution in [3.8, 4) is 0 Å². The van der Waals surface area contributed by atoms with Gasteiger partial charge >= 0.3 is 5.92 Å². The van der Waals surface area contributed by atoms with Crippen LogP contribution in [0.1, 0.15) is 37.0 Å². The lowest BCUT2D eigenvalue weighted by Gasteiger charge is -2.37. The first-order valence-corrected chi connectivity index (χ1v) is 14.9. The van der Waals surface area contributed by atoms with Crippen LogP contribution in [-0.4, -0.2) is 36.2 Å². The van der Waals surface area contributed by atoms with Crippen molar-refractivity contribution in [1.29, 1.82) is 0 Å². The molecule has 9 heteroatoms. The van der Waals surface area contributed by atoms with Gasteiger partial charge in [0.05, 0.1) is 10.0 Å². The van der Waals surface area contributed by atoms with Crippen LogP contribution in [0.2, 0.25) is 10.0 Å². The number of ketones is 1. The molecule has 0 fully saturated rings. The van der Waals surface area contributed by atoms with E-state index < -0.39 is 47.5 Å². The SMILES string of the molecule is CC(C)[C@H](C(=O)C(F)(F)C(=O)NCCc1ccccc1)C(N)[C@@H](Cc1ccccc1)C(N)CCc1ccc(Cl)c(Cl)c1.